The zero-order valence-corrected chi connectivity index (χ0v) is 15.0. The van der Waals surface area contributed by atoms with Gasteiger partial charge in [0.25, 0.3) is 0 Å². The van der Waals surface area contributed by atoms with Gasteiger partial charge in [-0.1, -0.05) is 35.5 Å². The van der Waals surface area contributed by atoms with E-state index in [-0.39, 0.29) is 25.5 Å². The third kappa shape index (κ3) is 5.20. The first-order valence-corrected chi connectivity index (χ1v) is 8.24. The molecule has 6 nitrogen and oxygen atoms in total. The summed E-state index contributed by atoms with van der Waals surface area (Å²) in [4.78, 5) is 16.9. The van der Waals surface area contributed by atoms with Gasteiger partial charge in [-0.05, 0) is 13.0 Å². The van der Waals surface area contributed by atoms with Crippen molar-refractivity contribution in [3.8, 4) is 11.4 Å². The quantitative estimate of drug-likeness (QED) is 0.794. The minimum absolute atomic E-state index is 0. The first kappa shape index (κ1) is 21.2. The molecule has 0 bridgehead atoms. The number of hydrogen-bond donors (Lipinski definition) is 1. The van der Waals surface area contributed by atoms with Crippen molar-refractivity contribution < 1.29 is 27.6 Å². The number of carboxylic acid groups (broad SMARTS) is 1. The standard InChI is InChI=1S/C17H18F3N3O3.ClH/c18-17(19,20)13-10-23(9-12(13)16(24)25)8-4-7-14-21-15(22-26-14)11-5-2-1-3-6-11;/h1-3,5-6,12-13H,4,7-10H2,(H,24,25);1H/t12-,13-;/m1./s1. The molecule has 3 rings (SSSR count). The van der Waals surface area contributed by atoms with Crippen molar-refractivity contribution in [1.82, 2.24) is 15.0 Å². The fourth-order valence-electron chi connectivity index (χ4n) is 3.16. The Labute approximate surface area is 159 Å². The molecule has 0 saturated carbocycles. The first-order valence-electron chi connectivity index (χ1n) is 8.24. The van der Waals surface area contributed by atoms with Gasteiger partial charge in [0.15, 0.2) is 0 Å². The normalized spacial score (nSPS) is 20.4. The summed E-state index contributed by atoms with van der Waals surface area (Å²) < 4.78 is 44.1. The molecule has 2 heterocycles. The summed E-state index contributed by atoms with van der Waals surface area (Å²) in [5.41, 5.74) is 0.819. The molecule has 0 aliphatic carbocycles. The van der Waals surface area contributed by atoms with Gasteiger partial charge in [0.2, 0.25) is 11.7 Å². The minimum Gasteiger partial charge on any atom is -0.481 e. The number of carboxylic acids is 1. The summed E-state index contributed by atoms with van der Waals surface area (Å²) in [6.45, 7) is -0.0441. The molecule has 0 amide bonds. The summed E-state index contributed by atoms with van der Waals surface area (Å²) in [5, 5.41) is 12.9. The molecule has 1 aromatic heterocycles. The predicted molar refractivity (Wildman–Crippen MR) is 92.4 cm³/mol. The molecule has 148 valence electrons. The number of halogens is 4. The number of likely N-dealkylation sites (tertiary alicyclic amines) is 1. The smallest absolute Gasteiger partial charge is 0.393 e. The largest absolute Gasteiger partial charge is 0.481 e. The Morgan fingerprint density at radius 2 is 1.96 bits per heavy atom. The Morgan fingerprint density at radius 3 is 2.56 bits per heavy atom. The van der Waals surface area contributed by atoms with Gasteiger partial charge < -0.3 is 14.5 Å². The van der Waals surface area contributed by atoms with Crippen LogP contribution in [0.4, 0.5) is 13.2 Å². The van der Waals surface area contributed by atoms with Crippen molar-refractivity contribution in [2.45, 2.75) is 19.0 Å². The maximum Gasteiger partial charge on any atom is 0.393 e. The lowest BCUT2D eigenvalue weighted by Gasteiger charge is -2.18. The van der Waals surface area contributed by atoms with E-state index < -0.39 is 24.0 Å². The zero-order valence-electron chi connectivity index (χ0n) is 14.2. The number of aromatic nitrogens is 2. The van der Waals surface area contributed by atoms with Crippen LogP contribution in [0.1, 0.15) is 12.3 Å². The lowest BCUT2D eigenvalue weighted by atomic mass is 9.96. The van der Waals surface area contributed by atoms with E-state index in [4.69, 9.17) is 9.63 Å². The molecule has 1 aliphatic rings. The molecule has 0 unspecified atom stereocenters. The number of aryl methyl sites for hydroxylation is 1. The van der Waals surface area contributed by atoms with Gasteiger partial charge in [-0.2, -0.15) is 18.2 Å². The third-order valence-electron chi connectivity index (χ3n) is 4.50. The van der Waals surface area contributed by atoms with Crippen molar-refractivity contribution in [2.75, 3.05) is 19.6 Å². The van der Waals surface area contributed by atoms with Crippen LogP contribution >= 0.6 is 12.4 Å². The van der Waals surface area contributed by atoms with Crippen LogP contribution in [0.25, 0.3) is 11.4 Å². The minimum atomic E-state index is -4.51. The van der Waals surface area contributed by atoms with Crippen molar-refractivity contribution in [3.63, 3.8) is 0 Å². The van der Waals surface area contributed by atoms with Gasteiger partial charge in [0, 0.05) is 25.1 Å². The SMILES string of the molecule is Cl.O=C(O)[C@@H]1CN(CCCc2nc(-c3ccccc3)no2)C[C@H]1C(F)(F)F. The van der Waals surface area contributed by atoms with Gasteiger partial charge in [0.05, 0.1) is 11.8 Å². The number of nitrogens with zero attached hydrogens (tertiary/aromatic N) is 3. The van der Waals surface area contributed by atoms with E-state index in [2.05, 4.69) is 10.1 Å². The second-order valence-electron chi connectivity index (χ2n) is 6.33. The zero-order chi connectivity index (χ0) is 18.7. The highest BCUT2D eigenvalue weighted by molar-refractivity contribution is 5.85. The molecular formula is C17H19ClF3N3O3. The van der Waals surface area contributed by atoms with Crippen LogP contribution in [0.2, 0.25) is 0 Å². The summed E-state index contributed by atoms with van der Waals surface area (Å²) in [7, 11) is 0. The molecule has 10 heteroatoms. The maximum atomic E-state index is 13.0. The fraction of sp³-hybridized carbons (Fsp3) is 0.471. The number of benzene rings is 1. The van der Waals surface area contributed by atoms with E-state index in [1.54, 1.807) is 0 Å². The number of rotatable bonds is 6. The van der Waals surface area contributed by atoms with Crippen molar-refractivity contribution in [1.29, 1.82) is 0 Å². The molecule has 1 fully saturated rings. The first-order chi connectivity index (χ1) is 12.3. The Kier molecular flexibility index (Phi) is 6.83. The molecule has 2 atom stereocenters. The molecule has 1 aromatic carbocycles. The number of aliphatic carboxylic acids is 1. The Hall–Kier alpha value is -2.13. The van der Waals surface area contributed by atoms with E-state index in [1.165, 1.54) is 4.90 Å². The van der Waals surface area contributed by atoms with Gasteiger partial charge in [-0.3, -0.25) is 4.79 Å². The number of hydrogen-bond acceptors (Lipinski definition) is 5. The van der Waals surface area contributed by atoms with Crippen LogP contribution in [0.5, 0.6) is 0 Å². The third-order valence-corrected chi connectivity index (χ3v) is 4.50. The van der Waals surface area contributed by atoms with Crippen molar-refractivity contribution in [3.05, 3.63) is 36.2 Å². The van der Waals surface area contributed by atoms with Gasteiger partial charge >= 0.3 is 12.1 Å². The molecule has 1 N–H and O–H groups in total. The van der Waals surface area contributed by atoms with Crippen LogP contribution < -0.4 is 0 Å². The Bertz CT molecular complexity index is 755. The highest BCUT2D eigenvalue weighted by atomic mass is 35.5. The van der Waals surface area contributed by atoms with E-state index in [1.807, 2.05) is 30.3 Å². The summed E-state index contributed by atoms with van der Waals surface area (Å²) in [6, 6.07) is 9.28. The topological polar surface area (TPSA) is 79.5 Å². The summed E-state index contributed by atoms with van der Waals surface area (Å²) >= 11 is 0. The van der Waals surface area contributed by atoms with Crippen molar-refractivity contribution in [2.24, 2.45) is 11.8 Å². The van der Waals surface area contributed by atoms with Crippen LogP contribution in [0.15, 0.2) is 34.9 Å². The predicted octanol–water partition coefficient (Wildman–Crippen LogP) is 3.29. The highest BCUT2D eigenvalue weighted by Gasteiger charge is 2.52. The average Bonchev–Trinajstić information content (AvgIpc) is 3.22. The lowest BCUT2D eigenvalue weighted by Crippen LogP contribution is -2.33. The number of alkyl halides is 3. The second-order valence-corrected chi connectivity index (χ2v) is 6.33. The molecule has 0 spiro atoms. The molecule has 1 aliphatic heterocycles. The summed E-state index contributed by atoms with van der Waals surface area (Å²) in [6.07, 6.45) is -3.58. The van der Waals surface area contributed by atoms with Gasteiger partial charge in [-0.25, -0.2) is 0 Å². The molecule has 0 radical (unpaired) electrons. The fourth-order valence-corrected chi connectivity index (χ4v) is 3.16. The van der Waals surface area contributed by atoms with Crippen molar-refractivity contribution >= 4 is 18.4 Å². The van der Waals surface area contributed by atoms with Gasteiger partial charge in [-0.15, -0.1) is 12.4 Å². The Morgan fingerprint density at radius 1 is 1.26 bits per heavy atom. The van der Waals surface area contributed by atoms with Crippen LogP contribution in [0.3, 0.4) is 0 Å². The number of carbonyl (C=O) groups is 1. The van der Waals surface area contributed by atoms with Crippen LogP contribution in [-0.2, 0) is 11.2 Å². The second kappa shape index (κ2) is 8.71. The van der Waals surface area contributed by atoms with E-state index >= 15 is 0 Å². The van der Waals surface area contributed by atoms with E-state index in [9.17, 15) is 18.0 Å². The molecule has 2 aromatic rings. The van der Waals surface area contributed by atoms with Gasteiger partial charge in [0.1, 0.15) is 0 Å². The average molecular weight is 406 g/mol. The van der Waals surface area contributed by atoms with Crippen LogP contribution in [0, 0.1) is 11.8 Å². The Balaban J connectivity index is 0.00000261. The van der Waals surface area contributed by atoms with Crippen LogP contribution in [-0.4, -0.2) is 51.9 Å². The molecule has 1 saturated heterocycles. The molecular weight excluding hydrogens is 387 g/mol. The van der Waals surface area contributed by atoms with E-state index in [0.29, 0.717) is 31.1 Å². The monoisotopic (exact) mass is 405 g/mol. The van der Waals surface area contributed by atoms with E-state index in [0.717, 1.165) is 5.56 Å². The maximum absolute atomic E-state index is 13.0. The molecule has 27 heavy (non-hydrogen) atoms. The summed E-state index contributed by atoms with van der Waals surface area (Å²) in [5.74, 6) is -3.77. The highest BCUT2D eigenvalue weighted by Crippen LogP contribution is 2.37. The lowest BCUT2D eigenvalue weighted by molar-refractivity contribution is -0.188.